The van der Waals surface area contributed by atoms with Crippen LogP contribution in [0.5, 0.6) is 0 Å². The van der Waals surface area contributed by atoms with Crippen molar-refractivity contribution in [2.75, 3.05) is 6.54 Å². The van der Waals surface area contributed by atoms with E-state index in [1.807, 2.05) is 54.6 Å². The minimum absolute atomic E-state index is 0.0150. The summed E-state index contributed by atoms with van der Waals surface area (Å²) in [4.78, 5) is 14.3. The molecule has 0 aliphatic heterocycles. The number of halogens is 1. The number of nitrogens with zero attached hydrogens (tertiary/aromatic N) is 1. The van der Waals surface area contributed by atoms with Crippen LogP contribution in [0.15, 0.2) is 71.7 Å². The van der Waals surface area contributed by atoms with Crippen molar-refractivity contribution < 1.29 is 4.79 Å². The summed E-state index contributed by atoms with van der Waals surface area (Å²) in [5, 5.41) is 0. The Kier molecular flexibility index (Phi) is 5.13. The van der Waals surface area contributed by atoms with Crippen molar-refractivity contribution in [2.24, 2.45) is 0 Å². The van der Waals surface area contributed by atoms with Crippen LogP contribution in [0.3, 0.4) is 0 Å². The van der Waals surface area contributed by atoms with Crippen LogP contribution in [-0.2, 0) is 6.54 Å². The molecule has 0 aliphatic carbocycles. The first-order valence-corrected chi connectivity index (χ1v) is 7.19. The van der Waals surface area contributed by atoms with Gasteiger partial charge in [-0.25, -0.2) is 0 Å². The number of benzene rings is 2. The zero-order valence-corrected chi connectivity index (χ0v) is 12.7. The second kappa shape index (κ2) is 7.06. The summed E-state index contributed by atoms with van der Waals surface area (Å²) < 4.78 is 0.965. The van der Waals surface area contributed by atoms with E-state index in [1.54, 1.807) is 11.0 Å². The summed E-state index contributed by atoms with van der Waals surface area (Å²) in [6, 6.07) is 17.4. The molecule has 3 heteroatoms. The van der Waals surface area contributed by atoms with Crippen LogP contribution in [0, 0.1) is 0 Å². The Hall–Kier alpha value is -1.87. The fraction of sp³-hybridized carbons (Fsp3) is 0.118. The molecule has 0 bridgehead atoms. The Balaban J connectivity index is 2.17. The van der Waals surface area contributed by atoms with E-state index in [0.717, 1.165) is 10.0 Å². The highest BCUT2D eigenvalue weighted by Gasteiger charge is 2.14. The summed E-state index contributed by atoms with van der Waals surface area (Å²) >= 11 is 3.38. The lowest BCUT2D eigenvalue weighted by Gasteiger charge is -2.21. The second-order valence-corrected chi connectivity index (χ2v) is 5.38. The Bertz CT molecular complexity index is 578. The van der Waals surface area contributed by atoms with Gasteiger partial charge in [0, 0.05) is 23.1 Å². The zero-order chi connectivity index (χ0) is 14.4. The number of carbonyl (C=O) groups is 1. The van der Waals surface area contributed by atoms with E-state index in [1.165, 1.54) is 0 Å². The predicted molar refractivity (Wildman–Crippen MR) is 85.5 cm³/mol. The Morgan fingerprint density at radius 2 is 1.75 bits per heavy atom. The molecule has 2 rings (SSSR count). The van der Waals surface area contributed by atoms with Crippen molar-refractivity contribution in [3.05, 3.63) is 82.9 Å². The molecule has 2 aromatic rings. The van der Waals surface area contributed by atoms with E-state index >= 15 is 0 Å². The molecule has 0 saturated carbocycles. The molecule has 0 radical (unpaired) electrons. The van der Waals surface area contributed by atoms with Crippen LogP contribution in [0.4, 0.5) is 0 Å². The summed E-state index contributed by atoms with van der Waals surface area (Å²) in [5.74, 6) is 0.0150. The van der Waals surface area contributed by atoms with Crippen LogP contribution in [0.2, 0.25) is 0 Å². The maximum Gasteiger partial charge on any atom is 0.254 e. The molecule has 0 aliphatic rings. The van der Waals surface area contributed by atoms with Crippen molar-refractivity contribution >= 4 is 21.8 Å². The first-order valence-electron chi connectivity index (χ1n) is 6.40. The fourth-order valence-electron chi connectivity index (χ4n) is 1.95. The Labute approximate surface area is 127 Å². The molecule has 0 unspecified atom stereocenters. The van der Waals surface area contributed by atoms with Gasteiger partial charge in [-0.3, -0.25) is 4.79 Å². The van der Waals surface area contributed by atoms with Gasteiger partial charge in [-0.05, 0) is 29.8 Å². The normalized spacial score (nSPS) is 10.1. The van der Waals surface area contributed by atoms with Gasteiger partial charge < -0.3 is 4.90 Å². The quantitative estimate of drug-likeness (QED) is 0.750. The molecule has 1 amide bonds. The number of rotatable bonds is 5. The molecule has 0 fully saturated rings. The van der Waals surface area contributed by atoms with Crippen molar-refractivity contribution in [3.8, 4) is 0 Å². The minimum Gasteiger partial charge on any atom is -0.331 e. The Morgan fingerprint density at radius 1 is 1.10 bits per heavy atom. The van der Waals surface area contributed by atoms with Gasteiger partial charge in [0.25, 0.3) is 5.91 Å². The zero-order valence-electron chi connectivity index (χ0n) is 11.1. The largest absolute Gasteiger partial charge is 0.331 e. The van der Waals surface area contributed by atoms with E-state index in [-0.39, 0.29) is 5.91 Å². The molecule has 102 valence electrons. The third kappa shape index (κ3) is 3.81. The molecular weight excluding hydrogens is 314 g/mol. The number of amides is 1. The second-order valence-electron chi connectivity index (χ2n) is 4.47. The topological polar surface area (TPSA) is 20.3 Å². The van der Waals surface area contributed by atoms with Crippen LogP contribution in [-0.4, -0.2) is 17.4 Å². The Morgan fingerprint density at radius 3 is 2.35 bits per heavy atom. The van der Waals surface area contributed by atoms with Crippen LogP contribution >= 0.6 is 15.9 Å². The average molecular weight is 330 g/mol. The molecule has 0 aromatic heterocycles. The van der Waals surface area contributed by atoms with Crippen LogP contribution in [0.25, 0.3) is 0 Å². The van der Waals surface area contributed by atoms with E-state index in [2.05, 4.69) is 22.5 Å². The number of hydrogen-bond donors (Lipinski definition) is 0. The van der Waals surface area contributed by atoms with E-state index in [4.69, 9.17) is 0 Å². The van der Waals surface area contributed by atoms with E-state index < -0.39 is 0 Å². The van der Waals surface area contributed by atoms with Crippen molar-refractivity contribution in [2.45, 2.75) is 6.54 Å². The first-order chi connectivity index (χ1) is 9.70. The maximum atomic E-state index is 12.5. The molecule has 0 N–H and O–H groups in total. The van der Waals surface area contributed by atoms with E-state index in [0.29, 0.717) is 18.7 Å². The van der Waals surface area contributed by atoms with Gasteiger partial charge in [-0.15, -0.1) is 6.58 Å². The van der Waals surface area contributed by atoms with Gasteiger partial charge in [0.15, 0.2) is 0 Å². The molecule has 20 heavy (non-hydrogen) atoms. The third-order valence-electron chi connectivity index (χ3n) is 2.94. The monoisotopic (exact) mass is 329 g/mol. The minimum atomic E-state index is 0.0150. The lowest BCUT2D eigenvalue weighted by atomic mass is 10.1. The predicted octanol–water partition coefficient (Wildman–Crippen LogP) is 4.28. The van der Waals surface area contributed by atoms with Gasteiger partial charge in [-0.1, -0.05) is 52.3 Å². The molecular formula is C17H16BrNO. The molecule has 0 saturated heterocycles. The molecule has 0 heterocycles. The summed E-state index contributed by atoms with van der Waals surface area (Å²) in [6.45, 7) is 4.85. The first kappa shape index (κ1) is 14.5. The standard InChI is InChI=1S/C17H16BrNO/c1-2-12-19(13-14-6-4-3-5-7-14)17(20)15-8-10-16(18)11-9-15/h2-11H,1,12-13H2. The van der Waals surface area contributed by atoms with E-state index in [9.17, 15) is 4.79 Å². The molecule has 2 aromatic carbocycles. The maximum absolute atomic E-state index is 12.5. The van der Waals surface area contributed by atoms with Gasteiger partial charge in [0.2, 0.25) is 0 Å². The molecule has 0 spiro atoms. The van der Waals surface area contributed by atoms with Crippen LogP contribution < -0.4 is 0 Å². The third-order valence-corrected chi connectivity index (χ3v) is 3.47. The van der Waals surface area contributed by atoms with Crippen molar-refractivity contribution in [3.63, 3.8) is 0 Å². The SMILES string of the molecule is C=CCN(Cc1ccccc1)C(=O)c1ccc(Br)cc1. The highest BCUT2D eigenvalue weighted by atomic mass is 79.9. The van der Waals surface area contributed by atoms with Gasteiger partial charge in [0.1, 0.15) is 0 Å². The van der Waals surface area contributed by atoms with Gasteiger partial charge >= 0.3 is 0 Å². The van der Waals surface area contributed by atoms with Crippen molar-refractivity contribution in [1.82, 2.24) is 4.90 Å². The van der Waals surface area contributed by atoms with Crippen molar-refractivity contribution in [1.29, 1.82) is 0 Å². The highest BCUT2D eigenvalue weighted by molar-refractivity contribution is 9.10. The molecule has 0 atom stereocenters. The lowest BCUT2D eigenvalue weighted by molar-refractivity contribution is 0.0762. The average Bonchev–Trinajstić information content (AvgIpc) is 2.48. The summed E-state index contributed by atoms with van der Waals surface area (Å²) in [6.07, 6.45) is 1.75. The highest BCUT2D eigenvalue weighted by Crippen LogP contribution is 2.14. The number of carbonyl (C=O) groups excluding carboxylic acids is 1. The smallest absolute Gasteiger partial charge is 0.254 e. The summed E-state index contributed by atoms with van der Waals surface area (Å²) in [7, 11) is 0. The fourth-order valence-corrected chi connectivity index (χ4v) is 2.22. The van der Waals surface area contributed by atoms with Gasteiger partial charge in [0.05, 0.1) is 0 Å². The van der Waals surface area contributed by atoms with Gasteiger partial charge in [-0.2, -0.15) is 0 Å². The number of hydrogen-bond acceptors (Lipinski definition) is 1. The van der Waals surface area contributed by atoms with Crippen LogP contribution in [0.1, 0.15) is 15.9 Å². The lowest BCUT2D eigenvalue weighted by Crippen LogP contribution is -2.30. The summed E-state index contributed by atoms with van der Waals surface area (Å²) in [5.41, 5.74) is 1.80. The molecule has 2 nitrogen and oxygen atoms in total.